The Morgan fingerprint density at radius 2 is 2.45 bits per heavy atom. The van der Waals surface area contributed by atoms with E-state index in [1.165, 1.54) is 0 Å². The Hall–Kier alpha value is -0.610. The van der Waals surface area contributed by atoms with Gasteiger partial charge in [-0.05, 0) is 12.8 Å². The minimum atomic E-state index is -0.925. The van der Waals surface area contributed by atoms with Gasteiger partial charge in [0, 0.05) is 6.42 Å². The third kappa shape index (κ3) is 0.387. The summed E-state index contributed by atoms with van der Waals surface area (Å²) in [4.78, 5) is 10.7. The highest BCUT2D eigenvalue weighted by Crippen LogP contribution is 2.68. The normalized spacial score (nSPS) is 57.6. The maximum absolute atomic E-state index is 10.7. The first-order chi connectivity index (χ1) is 5.21. The van der Waals surface area contributed by atoms with Crippen molar-refractivity contribution in [2.24, 2.45) is 0 Å². The summed E-state index contributed by atoms with van der Waals surface area (Å²) in [5, 5.41) is 8.83. The fraction of sp³-hybridized carbons (Fsp3) is 0.857. The Kier molecular flexibility index (Phi) is 0.715. The second kappa shape index (κ2) is 1.32. The monoisotopic (exact) mass is 156 g/mol. The van der Waals surface area contributed by atoms with Crippen LogP contribution in [0, 0.1) is 0 Å². The zero-order valence-corrected chi connectivity index (χ0v) is 5.87. The average Bonchev–Trinajstić information content (AvgIpc) is 2.54. The van der Waals surface area contributed by atoms with E-state index in [1.54, 1.807) is 0 Å². The summed E-state index contributed by atoms with van der Waals surface area (Å²) in [5.74, 6) is -1.55. The minimum Gasteiger partial charge on any atom is -0.479 e. The first-order valence-corrected chi connectivity index (χ1v) is 3.83. The average molecular weight is 156 g/mol. The van der Waals surface area contributed by atoms with Crippen LogP contribution in [0.25, 0.3) is 0 Å². The molecule has 3 aliphatic rings. The fourth-order valence-corrected chi connectivity index (χ4v) is 2.33. The van der Waals surface area contributed by atoms with Crippen LogP contribution in [0.5, 0.6) is 0 Å². The van der Waals surface area contributed by atoms with Gasteiger partial charge in [-0.1, -0.05) is 0 Å². The third-order valence-corrected chi connectivity index (χ3v) is 2.93. The van der Waals surface area contributed by atoms with Crippen molar-refractivity contribution in [2.45, 2.75) is 36.8 Å². The van der Waals surface area contributed by atoms with Gasteiger partial charge in [-0.15, -0.1) is 0 Å². The Morgan fingerprint density at radius 3 is 2.91 bits per heavy atom. The minimum absolute atomic E-state index is 0.172. The van der Waals surface area contributed by atoms with Gasteiger partial charge in [0.2, 0.25) is 11.4 Å². The van der Waals surface area contributed by atoms with E-state index < -0.39 is 17.4 Å². The van der Waals surface area contributed by atoms with Crippen molar-refractivity contribution in [3.8, 4) is 0 Å². The molecule has 0 radical (unpaired) electrons. The molecular formula is C7H8O4. The van der Waals surface area contributed by atoms with Crippen LogP contribution in [0.2, 0.25) is 0 Å². The highest BCUT2D eigenvalue weighted by Gasteiger charge is 2.90. The molecule has 2 heterocycles. The molecule has 4 nitrogen and oxygen atoms in total. The molecule has 4 heteroatoms. The van der Waals surface area contributed by atoms with Gasteiger partial charge in [0.25, 0.3) is 0 Å². The van der Waals surface area contributed by atoms with E-state index in [1.807, 2.05) is 0 Å². The van der Waals surface area contributed by atoms with E-state index in [4.69, 9.17) is 14.6 Å². The van der Waals surface area contributed by atoms with Gasteiger partial charge in [0.05, 0.1) is 0 Å². The highest BCUT2D eigenvalue weighted by molar-refractivity contribution is 5.85. The molecule has 1 saturated carbocycles. The molecule has 0 aromatic rings. The lowest BCUT2D eigenvalue weighted by molar-refractivity contribution is -0.199. The predicted molar refractivity (Wildman–Crippen MR) is 32.9 cm³/mol. The quantitative estimate of drug-likeness (QED) is 0.548. The Balaban J connectivity index is 2.00. The van der Waals surface area contributed by atoms with Crippen LogP contribution in [0.1, 0.15) is 19.3 Å². The first kappa shape index (κ1) is 5.97. The van der Waals surface area contributed by atoms with Crippen LogP contribution < -0.4 is 0 Å². The molecule has 11 heavy (non-hydrogen) atoms. The smallest absolute Gasteiger partial charge is 0.344 e. The predicted octanol–water partition coefficient (Wildman–Crippen LogP) is 0.119. The molecule has 3 unspecified atom stereocenters. The Morgan fingerprint density at radius 1 is 1.64 bits per heavy atom. The van der Waals surface area contributed by atoms with Crippen molar-refractivity contribution < 1.29 is 19.4 Å². The number of hydrogen-bond acceptors (Lipinski definition) is 3. The first-order valence-electron chi connectivity index (χ1n) is 3.83. The second-order valence-corrected chi connectivity index (χ2v) is 3.39. The number of carboxylic acid groups (broad SMARTS) is 1. The number of rotatable bonds is 1. The number of epoxide rings is 1. The highest BCUT2D eigenvalue weighted by atomic mass is 16.9. The number of carbonyl (C=O) groups is 1. The van der Waals surface area contributed by atoms with E-state index in [9.17, 15) is 4.79 Å². The van der Waals surface area contributed by atoms with Crippen molar-refractivity contribution >= 4 is 5.97 Å². The van der Waals surface area contributed by atoms with Crippen molar-refractivity contribution in [1.29, 1.82) is 0 Å². The van der Waals surface area contributed by atoms with Gasteiger partial charge < -0.3 is 14.6 Å². The largest absolute Gasteiger partial charge is 0.479 e. The van der Waals surface area contributed by atoms with E-state index in [2.05, 4.69) is 0 Å². The lowest BCUT2D eigenvalue weighted by Crippen LogP contribution is -2.60. The molecular weight excluding hydrogens is 148 g/mol. The van der Waals surface area contributed by atoms with E-state index in [-0.39, 0.29) is 6.10 Å². The molecule has 2 saturated heterocycles. The summed E-state index contributed by atoms with van der Waals surface area (Å²) in [5.41, 5.74) is -0.925. The third-order valence-electron chi connectivity index (χ3n) is 2.93. The lowest BCUT2D eigenvalue weighted by Gasteiger charge is -2.40. The van der Waals surface area contributed by atoms with Crippen LogP contribution in [0.4, 0.5) is 0 Å². The van der Waals surface area contributed by atoms with Gasteiger partial charge in [-0.25, -0.2) is 4.79 Å². The van der Waals surface area contributed by atoms with Gasteiger partial charge in [0.1, 0.15) is 6.10 Å². The van der Waals surface area contributed by atoms with Crippen molar-refractivity contribution in [1.82, 2.24) is 0 Å². The van der Waals surface area contributed by atoms with E-state index in [0.29, 0.717) is 0 Å². The molecule has 0 aromatic heterocycles. The number of carboxylic acids is 1. The van der Waals surface area contributed by atoms with Crippen LogP contribution in [-0.2, 0) is 14.3 Å². The van der Waals surface area contributed by atoms with Gasteiger partial charge in [-0.3, -0.25) is 0 Å². The van der Waals surface area contributed by atoms with Crippen LogP contribution in [-0.4, -0.2) is 28.6 Å². The molecule has 0 spiro atoms. The van der Waals surface area contributed by atoms with Gasteiger partial charge >= 0.3 is 5.97 Å². The number of aliphatic carboxylic acids is 1. The summed E-state index contributed by atoms with van der Waals surface area (Å²) in [6.07, 6.45) is 2.43. The second-order valence-electron chi connectivity index (χ2n) is 3.39. The van der Waals surface area contributed by atoms with Crippen molar-refractivity contribution in [2.75, 3.05) is 0 Å². The molecule has 2 bridgehead atoms. The molecule has 3 fully saturated rings. The maximum atomic E-state index is 10.7. The molecule has 0 amide bonds. The Labute approximate surface area is 63.1 Å². The Bertz CT molecular complexity index is 247. The molecule has 3 rings (SSSR count). The maximum Gasteiger partial charge on any atom is 0.344 e. The molecule has 2 aliphatic heterocycles. The van der Waals surface area contributed by atoms with Crippen LogP contribution in [0.3, 0.4) is 0 Å². The molecule has 1 aliphatic carbocycles. The van der Waals surface area contributed by atoms with E-state index in [0.717, 1.165) is 19.3 Å². The topological polar surface area (TPSA) is 59.1 Å². The summed E-state index contributed by atoms with van der Waals surface area (Å²) >= 11 is 0. The summed E-state index contributed by atoms with van der Waals surface area (Å²) in [7, 11) is 0. The molecule has 3 atom stereocenters. The summed E-state index contributed by atoms with van der Waals surface area (Å²) in [6, 6.07) is 0. The zero-order valence-electron chi connectivity index (χ0n) is 5.87. The lowest BCUT2D eigenvalue weighted by atomic mass is 9.78. The fourth-order valence-electron chi connectivity index (χ4n) is 2.33. The summed E-state index contributed by atoms with van der Waals surface area (Å²) in [6.45, 7) is 0. The SMILES string of the molecule is O=C(O)C12OC13CCCC2O3. The number of hydrogen-bond donors (Lipinski definition) is 1. The van der Waals surface area contributed by atoms with Gasteiger partial charge in [0.15, 0.2) is 0 Å². The standard InChI is InChI=1S/C7H8O4/c8-5(9)7-4-2-1-3-6(7,10-4)11-7/h4H,1-3H2,(H,8,9). The number of ether oxygens (including phenoxy) is 2. The van der Waals surface area contributed by atoms with Crippen LogP contribution in [0.15, 0.2) is 0 Å². The van der Waals surface area contributed by atoms with Crippen molar-refractivity contribution in [3.05, 3.63) is 0 Å². The zero-order chi connectivity index (χ0) is 7.69. The molecule has 1 N–H and O–H groups in total. The molecule has 60 valence electrons. The van der Waals surface area contributed by atoms with Crippen molar-refractivity contribution in [3.63, 3.8) is 0 Å². The summed E-state index contributed by atoms with van der Waals surface area (Å²) < 4.78 is 10.5. The van der Waals surface area contributed by atoms with E-state index >= 15 is 0 Å². The van der Waals surface area contributed by atoms with Gasteiger partial charge in [-0.2, -0.15) is 0 Å². The van der Waals surface area contributed by atoms with Crippen LogP contribution >= 0.6 is 0 Å². The molecule has 0 aromatic carbocycles.